The van der Waals surface area contributed by atoms with Crippen molar-refractivity contribution in [2.75, 3.05) is 39.9 Å². The molecule has 0 unspecified atom stereocenters. The predicted octanol–water partition coefficient (Wildman–Crippen LogP) is 5.11. The van der Waals surface area contributed by atoms with E-state index >= 15 is 0 Å². The largest absolute Gasteiger partial charge is 0.494 e. The van der Waals surface area contributed by atoms with Crippen LogP contribution in [-0.4, -0.2) is 69.4 Å². The summed E-state index contributed by atoms with van der Waals surface area (Å²) in [6, 6.07) is 17.8. The minimum atomic E-state index is -3.73. The summed E-state index contributed by atoms with van der Waals surface area (Å²) in [5.41, 5.74) is -0.312. The number of carbonyl (C=O) groups excluding carboxylic acids is 2. The predicted molar refractivity (Wildman–Crippen MR) is 153 cm³/mol. The van der Waals surface area contributed by atoms with Gasteiger partial charge < -0.3 is 14.4 Å². The maximum absolute atomic E-state index is 13.3. The monoisotopic (exact) mass is 616 g/mol. The van der Waals surface area contributed by atoms with Crippen LogP contribution >= 0.6 is 15.9 Å². The van der Waals surface area contributed by atoms with Crippen LogP contribution in [0.4, 0.5) is 0 Å². The van der Waals surface area contributed by atoms with E-state index in [9.17, 15) is 18.0 Å². The van der Waals surface area contributed by atoms with Crippen LogP contribution in [0.25, 0.3) is 10.8 Å². The number of esters is 1. The third-order valence-electron chi connectivity index (χ3n) is 7.01. The van der Waals surface area contributed by atoms with Crippen LogP contribution in [0.3, 0.4) is 0 Å². The lowest BCUT2D eigenvalue weighted by Crippen LogP contribution is -2.53. The van der Waals surface area contributed by atoms with Crippen molar-refractivity contribution in [1.29, 1.82) is 0 Å². The zero-order valence-corrected chi connectivity index (χ0v) is 24.8. The fraction of sp³-hybridized carbons (Fsp3) is 0.379. The molecule has 1 aliphatic heterocycles. The highest BCUT2D eigenvalue weighted by molar-refractivity contribution is 9.10. The van der Waals surface area contributed by atoms with E-state index in [2.05, 4.69) is 32.8 Å². The fourth-order valence-corrected chi connectivity index (χ4v) is 6.49. The summed E-state index contributed by atoms with van der Waals surface area (Å²) in [7, 11) is -2.46. The molecule has 8 nitrogen and oxygen atoms in total. The van der Waals surface area contributed by atoms with E-state index in [1.165, 1.54) is 35.7 Å². The highest BCUT2D eigenvalue weighted by Gasteiger charge is 2.36. The van der Waals surface area contributed by atoms with Gasteiger partial charge in [-0.1, -0.05) is 41.9 Å². The number of amides is 1. The molecule has 39 heavy (non-hydrogen) atoms. The Bertz CT molecular complexity index is 1450. The number of carbonyl (C=O) groups is 2. The van der Waals surface area contributed by atoms with Crippen LogP contribution in [0.15, 0.2) is 70.0 Å². The molecule has 1 saturated heterocycles. The summed E-state index contributed by atoms with van der Waals surface area (Å²) in [5.74, 6) is 0.280. The van der Waals surface area contributed by atoms with Crippen LogP contribution in [0.1, 0.15) is 37.0 Å². The van der Waals surface area contributed by atoms with Crippen molar-refractivity contribution in [3.05, 3.63) is 70.7 Å². The average molecular weight is 618 g/mol. The summed E-state index contributed by atoms with van der Waals surface area (Å²) in [6.45, 7) is 5.42. The molecule has 0 atom stereocenters. The number of sulfonamides is 1. The van der Waals surface area contributed by atoms with Gasteiger partial charge in [-0.05, 0) is 72.1 Å². The lowest BCUT2D eigenvalue weighted by Gasteiger charge is -2.38. The van der Waals surface area contributed by atoms with Gasteiger partial charge in [-0.25, -0.2) is 13.2 Å². The molecule has 0 spiro atoms. The first-order valence-corrected chi connectivity index (χ1v) is 15.0. The maximum atomic E-state index is 13.3. The number of hydrogen-bond acceptors (Lipinski definition) is 6. The molecular formula is C29H33BrN2O6S. The van der Waals surface area contributed by atoms with Crippen LogP contribution < -0.4 is 4.74 Å². The minimum Gasteiger partial charge on any atom is -0.494 e. The van der Waals surface area contributed by atoms with Crippen LogP contribution in [0.2, 0.25) is 0 Å². The Kier molecular flexibility index (Phi) is 8.98. The SMILES string of the molecule is COC(=O)c1ccc(S(=O)(=O)N2CCN(C(=O)C(C)(C)CCCOc3ccc4ccc(Br)cc4c3)CC2)cc1. The summed E-state index contributed by atoms with van der Waals surface area (Å²) >= 11 is 3.50. The zero-order valence-electron chi connectivity index (χ0n) is 22.4. The van der Waals surface area contributed by atoms with E-state index < -0.39 is 21.4 Å². The van der Waals surface area contributed by atoms with E-state index in [4.69, 9.17) is 4.74 Å². The van der Waals surface area contributed by atoms with Gasteiger partial charge in [-0.15, -0.1) is 0 Å². The van der Waals surface area contributed by atoms with E-state index in [0.717, 1.165) is 21.0 Å². The first-order chi connectivity index (χ1) is 18.5. The number of fused-ring (bicyclic) bond motifs is 1. The number of halogens is 1. The molecule has 0 radical (unpaired) electrons. The molecule has 1 heterocycles. The highest BCUT2D eigenvalue weighted by atomic mass is 79.9. The normalized spacial score (nSPS) is 14.8. The minimum absolute atomic E-state index is 0.0116. The quantitative estimate of drug-likeness (QED) is 0.245. The molecule has 10 heteroatoms. The molecule has 1 aliphatic rings. The van der Waals surface area contributed by atoms with E-state index in [-0.39, 0.29) is 29.5 Å². The number of nitrogens with zero attached hydrogens (tertiary/aromatic N) is 2. The second-order valence-electron chi connectivity index (χ2n) is 10.2. The van der Waals surface area contributed by atoms with Gasteiger partial charge in [-0.2, -0.15) is 4.31 Å². The third kappa shape index (κ3) is 6.80. The Hall–Kier alpha value is -2.95. The van der Waals surface area contributed by atoms with Crippen molar-refractivity contribution in [3.8, 4) is 5.75 Å². The number of piperazine rings is 1. The Morgan fingerprint density at radius 2 is 1.59 bits per heavy atom. The number of hydrogen-bond donors (Lipinski definition) is 0. The summed E-state index contributed by atoms with van der Waals surface area (Å²) in [6.07, 6.45) is 1.36. The topological polar surface area (TPSA) is 93.2 Å². The summed E-state index contributed by atoms with van der Waals surface area (Å²) in [4.78, 5) is 26.8. The van der Waals surface area contributed by atoms with Gasteiger partial charge in [0.05, 0.1) is 24.2 Å². The summed E-state index contributed by atoms with van der Waals surface area (Å²) < 4.78 is 39.2. The molecule has 0 saturated carbocycles. The molecule has 0 aliphatic carbocycles. The van der Waals surface area contributed by atoms with Crippen molar-refractivity contribution >= 4 is 48.6 Å². The van der Waals surface area contributed by atoms with Crippen LogP contribution in [0.5, 0.6) is 5.75 Å². The Balaban J connectivity index is 1.27. The molecule has 0 bridgehead atoms. The molecule has 1 amide bonds. The second kappa shape index (κ2) is 12.1. The van der Waals surface area contributed by atoms with Crippen molar-refractivity contribution < 1.29 is 27.5 Å². The summed E-state index contributed by atoms with van der Waals surface area (Å²) in [5, 5.41) is 2.23. The van der Waals surface area contributed by atoms with E-state index in [0.29, 0.717) is 32.5 Å². The Morgan fingerprint density at radius 1 is 0.923 bits per heavy atom. The number of ether oxygens (including phenoxy) is 2. The fourth-order valence-electron chi connectivity index (χ4n) is 4.69. The van der Waals surface area contributed by atoms with Gasteiger partial charge in [0.2, 0.25) is 15.9 Å². The maximum Gasteiger partial charge on any atom is 0.337 e. The molecule has 0 N–H and O–H groups in total. The smallest absolute Gasteiger partial charge is 0.337 e. The average Bonchev–Trinajstić information content (AvgIpc) is 2.94. The van der Waals surface area contributed by atoms with Crippen molar-refractivity contribution in [3.63, 3.8) is 0 Å². The lowest BCUT2D eigenvalue weighted by molar-refractivity contribution is -0.142. The number of benzene rings is 3. The number of rotatable bonds is 9. The molecule has 3 aromatic rings. The molecule has 3 aromatic carbocycles. The van der Waals surface area contributed by atoms with Gasteiger partial charge in [-0.3, -0.25) is 4.79 Å². The third-order valence-corrected chi connectivity index (χ3v) is 9.41. The van der Waals surface area contributed by atoms with Gasteiger partial charge in [0, 0.05) is 36.1 Å². The zero-order chi connectivity index (χ0) is 28.2. The highest BCUT2D eigenvalue weighted by Crippen LogP contribution is 2.28. The molecular weight excluding hydrogens is 584 g/mol. The lowest BCUT2D eigenvalue weighted by atomic mass is 9.86. The van der Waals surface area contributed by atoms with Gasteiger partial charge in [0.25, 0.3) is 0 Å². The van der Waals surface area contributed by atoms with Gasteiger partial charge in [0.1, 0.15) is 5.75 Å². The van der Waals surface area contributed by atoms with E-state index in [1.54, 1.807) is 4.90 Å². The first kappa shape index (κ1) is 29.0. The van der Waals surface area contributed by atoms with Crippen LogP contribution in [0, 0.1) is 5.41 Å². The number of methoxy groups -OCH3 is 1. The van der Waals surface area contributed by atoms with Crippen LogP contribution in [-0.2, 0) is 19.6 Å². The van der Waals surface area contributed by atoms with Crippen molar-refractivity contribution in [2.45, 2.75) is 31.6 Å². The van der Waals surface area contributed by atoms with Gasteiger partial charge >= 0.3 is 5.97 Å². The van der Waals surface area contributed by atoms with Crippen molar-refractivity contribution in [1.82, 2.24) is 9.21 Å². The Labute approximate surface area is 238 Å². The second-order valence-corrected chi connectivity index (χ2v) is 13.1. The molecule has 4 rings (SSSR count). The standard InChI is InChI=1S/C29H33BrN2O6S/c1-29(2,13-4-18-38-25-10-6-21-5-9-24(30)19-23(21)20-25)28(34)31-14-16-32(17-15-31)39(35,36)26-11-7-22(8-12-26)27(33)37-3/h5-12,19-20H,4,13-18H2,1-3H3. The van der Waals surface area contributed by atoms with Gasteiger partial charge in [0.15, 0.2) is 0 Å². The molecule has 0 aromatic heterocycles. The first-order valence-electron chi connectivity index (χ1n) is 12.8. The molecule has 1 fully saturated rings. The molecule has 208 valence electrons. The Morgan fingerprint density at radius 3 is 2.26 bits per heavy atom. The van der Waals surface area contributed by atoms with Crippen molar-refractivity contribution in [2.24, 2.45) is 5.41 Å². The van der Waals surface area contributed by atoms with E-state index in [1.807, 2.05) is 38.1 Å².